The van der Waals surface area contributed by atoms with Crippen LogP contribution in [0.15, 0.2) is 24.3 Å². The quantitative estimate of drug-likeness (QED) is 0.920. The molecular formula is C16H19NO3. The van der Waals surface area contributed by atoms with Gasteiger partial charge in [0.1, 0.15) is 0 Å². The maximum atomic E-state index is 12.4. The van der Waals surface area contributed by atoms with Crippen molar-refractivity contribution in [3.63, 3.8) is 0 Å². The zero-order valence-electron chi connectivity index (χ0n) is 11.4. The van der Waals surface area contributed by atoms with E-state index >= 15 is 0 Å². The molecule has 4 nitrogen and oxygen atoms in total. The maximum absolute atomic E-state index is 12.4. The van der Waals surface area contributed by atoms with Crippen LogP contribution in [0.4, 0.5) is 5.69 Å². The van der Waals surface area contributed by atoms with Crippen molar-refractivity contribution in [2.75, 3.05) is 11.4 Å². The molecule has 3 rings (SSSR count). The van der Waals surface area contributed by atoms with Crippen LogP contribution in [0.3, 0.4) is 0 Å². The molecule has 1 aromatic carbocycles. The van der Waals surface area contributed by atoms with Gasteiger partial charge in [0.15, 0.2) is 0 Å². The van der Waals surface area contributed by atoms with Crippen LogP contribution >= 0.6 is 0 Å². The average Bonchev–Trinajstić information content (AvgIpc) is 2.77. The van der Waals surface area contributed by atoms with Crippen molar-refractivity contribution in [3.8, 4) is 0 Å². The van der Waals surface area contributed by atoms with E-state index in [0.717, 1.165) is 37.1 Å². The van der Waals surface area contributed by atoms with E-state index in [2.05, 4.69) is 0 Å². The highest BCUT2D eigenvalue weighted by Gasteiger charge is 2.41. The molecule has 4 heteroatoms. The first-order valence-electron chi connectivity index (χ1n) is 7.27. The van der Waals surface area contributed by atoms with Crippen LogP contribution in [-0.2, 0) is 16.0 Å². The number of carboxylic acids is 1. The van der Waals surface area contributed by atoms with E-state index in [0.29, 0.717) is 5.92 Å². The summed E-state index contributed by atoms with van der Waals surface area (Å²) in [4.78, 5) is 25.0. The van der Waals surface area contributed by atoms with Crippen LogP contribution in [0.2, 0.25) is 0 Å². The van der Waals surface area contributed by atoms with Gasteiger partial charge in [-0.05, 0) is 36.5 Å². The molecule has 20 heavy (non-hydrogen) atoms. The number of carboxylic acid groups (broad SMARTS) is 1. The standard InChI is InChI=1S/C16H19NO3/c18-15(19)9-11-5-7-13(8-6-11)17-10-12-3-1-2-4-14(12)16(17)20/h5-8,12,14H,1-4,9-10H2,(H,18,19). The van der Waals surface area contributed by atoms with Gasteiger partial charge in [0.2, 0.25) is 5.91 Å². The Morgan fingerprint density at radius 3 is 2.55 bits per heavy atom. The molecule has 0 radical (unpaired) electrons. The zero-order valence-corrected chi connectivity index (χ0v) is 11.4. The second-order valence-corrected chi connectivity index (χ2v) is 5.84. The van der Waals surface area contributed by atoms with Crippen LogP contribution < -0.4 is 4.90 Å². The third kappa shape index (κ3) is 2.42. The highest BCUT2D eigenvalue weighted by Crippen LogP contribution is 2.38. The summed E-state index contributed by atoms with van der Waals surface area (Å²) in [7, 11) is 0. The molecule has 1 aliphatic heterocycles. The van der Waals surface area contributed by atoms with Crippen molar-refractivity contribution >= 4 is 17.6 Å². The summed E-state index contributed by atoms with van der Waals surface area (Å²) < 4.78 is 0. The highest BCUT2D eigenvalue weighted by molar-refractivity contribution is 5.97. The van der Waals surface area contributed by atoms with Gasteiger partial charge in [0.25, 0.3) is 0 Å². The lowest BCUT2D eigenvalue weighted by Crippen LogP contribution is -2.27. The first kappa shape index (κ1) is 13.2. The first-order valence-corrected chi connectivity index (χ1v) is 7.27. The highest BCUT2D eigenvalue weighted by atomic mass is 16.4. The van der Waals surface area contributed by atoms with E-state index in [4.69, 9.17) is 5.11 Å². The molecule has 2 atom stereocenters. The minimum atomic E-state index is -0.832. The number of carbonyl (C=O) groups is 2. The Bertz CT molecular complexity index is 523. The first-order chi connectivity index (χ1) is 9.65. The number of rotatable bonds is 3. The number of aliphatic carboxylic acids is 1. The topological polar surface area (TPSA) is 57.6 Å². The molecule has 0 bridgehead atoms. The Morgan fingerprint density at radius 2 is 1.90 bits per heavy atom. The average molecular weight is 273 g/mol. The molecule has 0 spiro atoms. The Kier molecular flexibility index (Phi) is 3.47. The zero-order chi connectivity index (χ0) is 14.1. The molecular weight excluding hydrogens is 254 g/mol. The second-order valence-electron chi connectivity index (χ2n) is 5.84. The number of benzene rings is 1. The van der Waals surface area contributed by atoms with Gasteiger partial charge in [-0.1, -0.05) is 25.0 Å². The van der Waals surface area contributed by atoms with Gasteiger partial charge in [0, 0.05) is 18.2 Å². The van der Waals surface area contributed by atoms with Gasteiger partial charge < -0.3 is 10.0 Å². The fourth-order valence-electron chi connectivity index (χ4n) is 3.48. The summed E-state index contributed by atoms with van der Waals surface area (Å²) in [6.45, 7) is 0.821. The van der Waals surface area contributed by atoms with E-state index in [1.54, 1.807) is 12.1 Å². The van der Waals surface area contributed by atoms with E-state index in [-0.39, 0.29) is 18.2 Å². The largest absolute Gasteiger partial charge is 0.481 e. The second kappa shape index (κ2) is 5.27. The number of carbonyl (C=O) groups excluding carboxylic acids is 1. The normalized spacial score (nSPS) is 25.6. The summed E-state index contributed by atoms with van der Waals surface area (Å²) in [5, 5.41) is 8.77. The lowest BCUT2D eigenvalue weighted by atomic mass is 9.81. The molecule has 1 amide bonds. The van der Waals surface area contributed by atoms with Crippen LogP contribution in [0.1, 0.15) is 31.2 Å². The van der Waals surface area contributed by atoms with E-state index < -0.39 is 5.97 Å². The lowest BCUT2D eigenvalue weighted by Gasteiger charge is -2.21. The predicted molar refractivity (Wildman–Crippen MR) is 75.6 cm³/mol. The summed E-state index contributed by atoms with van der Waals surface area (Å²) >= 11 is 0. The third-order valence-corrected chi connectivity index (χ3v) is 4.51. The van der Waals surface area contributed by atoms with Gasteiger partial charge >= 0.3 is 5.97 Å². The molecule has 1 saturated heterocycles. The van der Waals surface area contributed by atoms with Gasteiger partial charge in [-0.3, -0.25) is 9.59 Å². The minimum absolute atomic E-state index is 0.0273. The number of anilines is 1. The van der Waals surface area contributed by atoms with Crippen molar-refractivity contribution in [2.24, 2.45) is 11.8 Å². The number of hydrogen-bond acceptors (Lipinski definition) is 2. The monoisotopic (exact) mass is 273 g/mol. The van der Waals surface area contributed by atoms with Crippen LogP contribution in [0, 0.1) is 11.8 Å². The molecule has 1 aromatic rings. The molecule has 0 aromatic heterocycles. The Balaban J connectivity index is 1.76. The van der Waals surface area contributed by atoms with Crippen molar-refractivity contribution in [1.29, 1.82) is 0 Å². The van der Waals surface area contributed by atoms with Crippen LogP contribution in [0.25, 0.3) is 0 Å². The lowest BCUT2D eigenvalue weighted by molar-refractivity contribution is -0.136. The summed E-state index contributed by atoms with van der Waals surface area (Å²) in [6, 6.07) is 7.35. The maximum Gasteiger partial charge on any atom is 0.307 e. The number of nitrogens with zero attached hydrogens (tertiary/aromatic N) is 1. The molecule has 1 saturated carbocycles. The number of fused-ring (bicyclic) bond motifs is 1. The van der Waals surface area contributed by atoms with Gasteiger partial charge in [-0.25, -0.2) is 0 Å². The van der Waals surface area contributed by atoms with E-state index in [9.17, 15) is 9.59 Å². The van der Waals surface area contributed by atoms with Gasteiger partial charge in [-0.2, -0.15) is 0 Å². The van der Waals surface area contributed by atoms with Crippen molar-refractivity contribution < 1.29 is 14.7 Å². The molecule has 1 aliphatic carbocycles. The van der Waals surface area contributed by atoms with E-state index in [1.165, 1.54) is 6.42 Å². The number of amides is 1. The Hall–Kier alpha value is -1.84. The van der Waals surface area contributed by atoms with Gasteiger partial charge in [0.05, 0.1) is 6.42 Å². The van der Waals surface area contributed by atoms with Crippen LogP contribution in [-0.4, -0.2) is 23.5 Å². The predicted octanol–water partition coefficient (Wildman–Crippen LogP) is 2.47. The summed E-state index contributed by atoms with van der Waals surface area (Å²) in [5.41, 5.74) is 1.67. The third-order valence-electron chi connectivity index (χ3n) is 4.51. The van der Waals surface area contributed by atoms with Crippen molar-refractivity contribution in [3.05, 3.63) is 29.8 Å². The van der Waals surface area contributed by atoms with E-state index in [1.807, 2.05) is 17.0 Å². The Morgan fingerprint density at radius 1 is 1.20 bits per heavy atom. The smallest absolute Gasteiger partial charge is 0.307 e. The fraction of sp³-hybridized carbons (Fsp3) is 0.500. The summed E-state index contributed by atoms with van der Waals surface area (Å²) in [6.07, 6.45) is 4.61. The molecule has 2 aliphatic rings. The van der Waals surface area contributed by atoms with Gasteiger partial charge in [-0.15, -0.1) is 0 Å². The van der Waals surface area contributed by atoms with Crippen molar-refractivity contribution in [2.45, 2.75) is 32.1 Å². The Labute approximate surface area is 118 Å². The fourth-order valence-corrected chi connectivity index (χ4v) is 3.48. The molecule has 1 heterocycles. The molecule has 2 unspecified atom stereocenters. The summed E-state index contributed by atoms with van der Waals surface area (Å²) in [5.74, 6) is 0.138. The molecule has 106 valence electrons. The SMILES string of the molecule is O=C(O)Cc1ccc(N2CC3CCCCC3C2=O)cc1. The number of hydrogen-bond donors (Lipinski definition) is 1. The molecule has 2 fully saturated rings. The minimum Gasteiger partial charge on any atom is -0.481 e. The van der Waals surface area contributed by atoms with Crippen LogP contribution in [0.5, 0.6) is 0 Å². The van der Waals surface area contributed by atoms with Crippen molar-refractivity contribution in [1.82, 2.24) is 0 Å². The molecule has 1 N–H and O–H groups in total.